The first-order valence-corrected chi connectivity index (χ1v) is 8.98. The van der Waals surface area contributed by atoms with Crippen LogP contribution in [0.1, 0.15) is 30.1 Å². The Morgan fingerprint density at radius 2 is 1.85 bits per heavy atom. The molecule has 0 bridgehead atoms. The van der Waals surface area contributed by atoms with E-state index in [1.54, 1.807) is 12.1 Å². The third kappa shape index (κ3) is 4.49. The lowest BCUT2D eigenvalue weighted by Crippen LogP contribution is -2.15. The second-order valence-corrected chi connectivity index (χ2v) is 6.30. The van der Waals surface area contributed by atoms with Crippen molar-refractivity contribution >= 4 is 17.5 Å². The van der Waals surface area contributed by atoms with Crippen LogP contribution >= 0.6 is 11.6 Å². The Kier molecular flexibility index (Phi) is 6.02. The summed E-state index contributed by atoms with van der Waals surface area (Å²) >= 11 is 5.96. The quantitative estimate of drug-likeness (QED) is 0.607. The summed E-state index contributed by atoms with van der Waals surface area (Å²) in [5.74, 6) is 0.337. The first kappa shape index (κ1) is 18.1. The summed E-state index contributed by atoms with van der Waals surface area (Å²) in [4.78, 5) is 17.1. The van der Waals surface area contributed by atoms with Gasteiger partial charge in [-0.25, -0.2) is 0 Å². The molecule has 1 heterocycles. The highest BCUT2D eigenvalue weighted by Gasteiger charge is 2.18. The van der Waals surface area contributed by atoms with Crippen molar-refractivity contribution in [1.29, 1.82) is 0 Å². The first-order valence-electron chi connectivity index (χ1n) is 8.60. The summed E-state index contributed by atoms with van der Waals surface area (Å²) in [7, 11) is 0. The number of hydrogen-bond acceptors (Lipinski definition) is 4. The zero-order valence-corrected chi connectivity index (χ0v) is 15.3. The fraction of sp³-hybridized carbons (Fsp3) is 0.250. The van der Waals surface area contributed by atoms with Crippen LogP contribution in [0.15, 0.2) is 54.6 Å². The molecule has 0 saturated carbocycles. The Labute approximate surface area is 157 Å². The predicted molar refractivity (Wildman–Crippen MR) is 102 cm³/mol. The monoisotopic (exact) mass is 369 g/mol. The minimum atomic E-state index is -0.127. The lowest BCUT2D eigenvalue weighted by Gasteiger charge is -2.05. The van der Waals surface area contributed by atoms with Crippen molar-refractivity contribution in [2.24, 2.45) is 0 Å². The van der Waals surface area contributed by atoms with E-state index in [0.717, 1.165) is 17.5 Å². The number of carbonyl (C=O) groups excluding carboxylic acids is 1. The van der Waals surface area contributed by atoms with Crippen molar-refractivity contribution in [2.45, 2.75) is 26.2 Å². The maximum Gasteiger partial charge on any atom is 0.336 e. The second kappa shape index (κ2) is 8.63. The fourth-order valence-corrected chi connectivity index (χ4v) is 2.64. The number of aryl methyl sites for hydroxylation is 1. The van der Waals surface area contributed by atoms with Gasteiger partial charge in [-0.05, 0) is 42.7 Å². The van der Waals surface area contributed by atoms with Crippen molar-refractivity contribution in [1.82, 2.24) is 14.8 Å². The van der Waals surface area contributed by atoms with Crippen LogP contribution in [-0.2, 0) is 6.42 Å². The van der Waals surface area contributed by atoms with E-state index in [9.17, 15) is 4.79 Å². The van der Waals surface area contributed by atoms with E-state index in [1.807, 2.05) is 49.4 Å². The number of aromatic nitrogens is 3. The molecule has 3 aromatic rings. The lowest BCUT2D eigenvalue weighted by atomic mass is 10.1. The molecular formula is C20H20ClN3O2. The van der Waals surface area contributed by atoms with Gasteiger partial charge in [0.25, 0.3) is 0 Å². The van der Waals surface area contributed by atoms with E-state index < -0.39 is 0 Å². The molecule has 3 rings (SSSR count). The van der Waals surface area contributed by atoms with Gasteiger partial charge in [-0.3, -0.25) is 4.79 Å². The molecule has 0 aliphatic heterocycles. The largest absolute Gasteiger partial charge is 0.462 e. The lowest BCUT2D eigenvalue weighted by molar-refractivity contribution is 0.0887. The molecule has 0 aliphatic rings. The molecule has 0 atom stereocenters. The third-order valence-corrected chi connectivity index (χ3v) is 4.08. The molecule has 0 N–H and O–H groups in total. The average molecular weight is 370 g/mol. The van der Waals surface area contributed by atoms with Crippen LogP contribution in [-0.4, -0.2) is 27.3 Å². The Balaban J connectivity index is 1.84. The molecule has 1 aromatic heterocycles. The van der Waals surface area contributed by atoms with Crippen LogP contribution in [0.4, 0.5) is 0 Å². The van der Waals surface area contributed by atoms with Gasteiger partial charge in [0, 0.05) is 17.0 Å². The molecule has 0 spiro atoms. The summed E-state index contributed by atoms with van der Waals surface area (Å²) in [6, 6.07) is 17.3. The van der Waals surface area contributed by atoms with Crippen LogP contribution < -0.4 is 4.74 Å². The van der Waals surface area contributed by atoms with E-state index in [2.05, 4.69) is 10.1 Å². The summed E-state index contributed by atoms with van der Waals surface area (Å²) in [6.45, 7) is 2.50. The van der Waals surface area contributed by atoms with Crippen molar-refractivity contribution in [2.75, 3.05) is 6.61 Å². The summed E-state index contributed by atoms with van der Waals surface area (Å²) < 4.78 is 6.84. The van der Waals surface area contributed by atoms with Crippen LogP contribution in [0.5, 0.6) is 6.01 Å². The second-order valence-electron chi connectivity index (χ2n) is 5.86. The van der Waals surface area contributed by atoms with Crippen molar-refractivity contribution < 1.29 is 9.53 Å². The van der Waals surface area contributed by atoms with Gasteiger partial charge < -0.3 is 4.74 Å². The molecule has 0 saturated heterocycles. The molecule has 5 nitrogen and oxygen atoms in total. The molecule has 0 radical (unpaired) electrons. The van der Waals surface area contributed by atoms with Crippen molar-refractivity contribution in [3.8, 4) is 17.4 Å². The number of rotatable bonds is 7. The normalized spacial score (nSPS) is 10.7. The van der Waals surface area contributed by atoms with E-state index in [1.165, 1.54) is 4.68 Å². The van der Waals surface area contributed by atoms with Gasteiger partial charge in [-0.1, -0.05) is 48.9 Å². The Hall–Kier alpha value is -2.66. The molecule has 2 aromatic carbocycles. The molecule has 0 amide bonds. The predicted octanol–water partition coefficient (Wildman–Crippen LogP) is 4.66. The maximum atomic E-state index is 12.7. The summed E-state index contributed by atoms with van der Waals surface area (Å²) in [6.07, 6.45) is 1.82. The van der Waals surface area contributed by atoms with Gasteiger partial charge in [0.05, 0.1) is 6.61 Å². The number of nitrogens with zero attached hydrogens (tertiary/aromatic N) is 3. The molecule has 0 unspecified atom stereocenters. The minimum absolute atomic E-state index is 0.127. The number of halogens is 1. The fourth-order valence-electron chi connectivity index (χ4n) is 2.51. The Morgan fingerprint density at radius 1 is 1.12 bits per heavy atom. The summed E-state index contributed by atoms with van der Waals surface area (Å²) in [5.41, 5.74) is 1.87. The van der Waals surface area contributed by atoms with Gasteiger partial charge in [0.2, 0.25) is 5.91 Å². The Bertz CT molecular complexity index is 861. The number of hydrogen-bond donors (Lipinski definition) is 0. The molecule has 0 aliphatic carbocycles. The molecule has 134 valence electrons. The number of ether oxygens (including phenoxy) is 1. The van der Waals surface area contributed by atoms with Crippen molar-refractivity contribution in [3.63, 3.8) is 0 Å². The van der Waals surface area contributed by atoms with Gasteiger partial charge in [-0.2, -0.15) is 9.67 Å². The highest BCUT2D eigenvalue weighted by molar-refractivity contribution is 6.30. The number of carbonyl (C=O) groups is 1. The third-order valence-electron chi connectivity index (χ3n) is 3.83. The minimum Gasteiger partial charge on any atom is -0.462 e. The molecule has 0 fully saturated rings. The highest BCUT2D eigenvalue weighted by Crippen LogP contribution is 2.22. The zero-order valence-electron chi connectivity index (χ0n) is 14.6. The molecule has 26 heavy (non-hydrogen) atoms. The topological polar surface area (TPSA) is 57.0 Å². The van der Waals surface area contributed by atoms with Crippen LogP contribution in [0.25, 0.3) is 11.4 Å². The smallest absolute Gasteiger partial charge is 0.336 e. The Morgan fingerprint density at radius 3 is 2.54 bits per heavy atom. The van der Waals surface area contributed by atoms with Gasteiger partial charge >= 0.3 is 6.01 Å². The highest BCUT2D eigenvalue weighted by atomic mass is 35.5. The first-order chi connectivity index (χ1) is 12.7. The van der Waals surface area contributed by atoms with Crippen LogP contribution in [0.3, 0.4) is 0 Å². The average Bonchev–Trinajstić information content (AvgIpc) is 3.10. The molecule has 6 heteroatoms. The zero-order chi connectivity index (χ0) is 18.4. The van der Waals surface area contributed by atoms with E-state index in [4.69, 9.17) is 16.3 Å². The SMILES string of the molecule is CCCOc1nc(-c2ccc(Cl)cc2)n(C(=O)CCc2ccccc2)n1. The maximum absolute atomic E-state index is 12.7. The van der Waals surface area contributed by atoms with Crippen molar-refractivity contribution in [3.05, 3.63) is 65.2 Å². The summed E-state index contributed by atoms with van der Waals surface area (Å²) in [5, 5.41) is 4.88. The standard InChI is InChI=1S/C20H20ClN3O2/c1-2-14-26-20-22-19(16-9-11-17(21)12-10-16)24(23-20)18(25)13-8-15-6-4-3-5-7-15/h3-7,9-12H,2,8,13-14H2,1H3. The van der Waals surface area contributed by atoms with Gasteiger partial charge in [0.1, 0.15) is 0 Å². The van der Waals surface area contributed by atoms with Gasteiger partial charge in [-0.15, -0.1) is 5.10 Å². The van der Waals surface area contributed by atoms with Crippen LogP contribution in [0.2, 0.25) is 5.02 Å². The van der Waals surface area contributed by atoms with E-state index in [0.29, 0.717) is 30.3 Å². The number of benzene rings is 2. The van der Waals surface area contributed by atoms with Crippen LogP contribution in [0, 0.1) is 0 Å². The van der Waals surface area contributed by atoms with Gasteiger partial charge in [0.15, 0.2) is 5.82 Å². The van der Waals surface area contributed by atoms with E-state index in [-0.39, 0.29) is 11.9 Å². The van der Waals surface area contributed by atoms with E-state index >= 15 is 0 Å². The molecular weight excluding hydrogens is 350 g/mol.